The molecule has 0 aliphatic carbocycles. The van der Waals surface area contributed by atoms with Crippen LogP contribution in [0.15, 0.2) is 73.3 Å². The maximum atomic E-state index is 12.3. The fourth-order valence-electron chi connectivity index (χ4n) is 2.97. The molecule has 3 aromatic rings. The van der Waals surface area contributed by atoms with E-state index in [1.54, 1.807) is 36.8 Å². The molecule has 1 aromatic heterocycles. The first kappa shape index (κ1) is 22.4. The van der Waals surface area contributed by atoms with E-state index in [0.29, 0.717) is 18.0 Å². The zero-order chi connectivity index (χ0) is 22.1. The number of hydrogen-bond donors (Lipinski definition) is 1. The highest BCUT2D eigenvalue weighted by Gasteiger charge is 2.18. The fourth-order valence-corrected chi connectivity index (χ4v) is 3.85. The minimum atomic E-state index is -3.46. The molecule has 3 rings (SSSR count). The number of nitrogens with zero attached hydrogens (tertiary/aromatic N) is 3. The number of sulfonamides is 1. The number of ether oxygens (including phenoxy) is 1. The molecule has 0 atom stereocenters. The summed E-state index contributed by atoms with van der Waals surface area (Å²) in [4.78, 5) is 15.9. The van der Waals surface area contributed by atoms with Gasteiger partial charge >= 0.3 is 0 Å². The van der Waals surface area contributed by atoms with E-state index in [0.717, 1.165) is 18.5 Å². The van der Waals surface area contributed by atoms with Gasteiger partial charge in [0.15, 0.2) is 6.61 Å². The Balaban J connectivity index is 1.49. The maximum Gasteiger partial charge on any atom is 0.257 e. The summed E-state index contributed by atoms with van der Waals surface area (Å²) >= 11 is 0. The average molecular weight is 443 g/mol. The Kier molecular flexibility index (Phi) is 7.66. The van der Waals surface area contributed by atoms with Crippen LogP contribution in [-0.2, 0) is 27.9 Å². The summed E-state index contributed by atoms with van der Waals surface area (Å²) in [5, 5.41) is 2.81. The lowest BCUT2D eigenvalue weighted by Gasteiger charge is -2.22. The van der Waals surface area contributed by atoms with Crippen molar-refractivity contribution in [2.45, 2.75) is 19.5 Å². The summed E-state index contributed by atoms with van der Waals surface area (Å²) in [7, 11) is -3.46. The highest BCUT2D eigenvalue weighted by molar-refractivity contribution is 7.92. The van der Waals surface area contributed by atoms with Crippen molar-refractivity contribution in [3.8, 4) is 5.75 Å². The number of aryl methyl sites for hydroxylation is 1. The van der Waals surface area contributed by atoms with Gasteiger partial charge in [0.25, 0.3) is 5.91 Å². The quantitative estimate of drug-likeness (QED) is 0.461. The molecule has 0 aliphatic heterocycles. The molecule has 0 radical (unpaired) electrons. The molecule has 0 saturated carbocycles. The third-order valence-electron chi connectivity index (χ3n) is 4.54. The molecule has 164 valence electrons. The van der Waals surface area contributed by atoms with Crippen LogP contribution in [0, 0.1) is 0 Å². The molecule has 8 nitrogen and oxygen atoms in total. The van der Waals surface area contributed by atoms with Crippen LogP contribution in [0.25, 0.3) is 0 Å². The van der Waals surface area contributed by atoms with Gasteiger partial charge in [-0.2, -0.15) is 0 Å². The van der Waals surface area contributed by atoms with E-state index in [2.05, 4.69) is 10.3 Å². The van der Waals surface area contributed by atoms with Crippen LogP contribution in [0.1, 0.15) is 12.0 Å². The summed E-state index contributed by atoms with van der Waals surface area (Å²) in [6, 6.07) is 16.0. The molecular formula is C22H26N4O4S. The predicted octanol–water partition coefficient (Wildman–Crippen LogP) is 2.43. The normalized spacial score (nSPS) is 11.1. The van der Waals surface area contributed by atoms with Crippen molar-refractivity contribution in [1.82, 2.24) is 14.9 Å². The molecule has 1 amide bonds. The van der Waals surface area contributed by atoms with Gasteiger partial charge in [0.2, 0.25) is 10.0 Å². The first-order valence-electron chi connectivity index (χ1n) is 9.89. The van der Waals surface area contributed by atoms with Crippen molar-refractivity contribution in [3.05, 3.63) is 78.9 Å². The Labute approximate surface area is 182 Å². The zero-order valence-corrected chi connectivity index (χ0v) is 18.2. The number of rotatable bonds is 11. The summed E-state index contributed by atoms with van der Waals surface area (Å²) in [5.74, 6) is 0.280. The Morgan fingerprint density at radius 2 is 1.87 bits per heavy atom. The number of aromatic nitrogens is 2. The van der Waals surface area contributed by atoms with Gasteiger partial charge in [0.05, 0.1) is 24.8 Å². The number of carbonyl (C=O) groups is 1. The van der Waals surface area contributed by atoms with Gasteiger partial charge < -0.3 is 14.6 Å². The third-order valence-corrected chi connectivity index (χ3v) is 5.68. The van der Waals surface area contributed by atoms with Crippen molar-refractivity contribution in [2.75, 3.05) is 23.7 Å². The van der Waals surface area contributed by atoms with Crippen LogP contribution in [0.3, 0.4) is 0 Å². The van der Waals surface area contributed by atoms with E-state index >= 15 is 0 Å². The lowest BCUT2D eigenvalue weighted by Crippen LogP contribution is -2.30. The van der Waals surface area contributed by atoms with E-state index in [-0.39, 0.29) is 19.1 Å². The van der Waals surface area contributed by atoms with Crippen LogP contribution in [0.5, 0.6) is 5.75 Å². The third kappa shape index (κ3) is 7.14. The number of carbonyl (C=O) groups excluding carboxylic acids is 1. The highest BCUT2D eigenvalue weighted by atomic mass is 32.2. The van der Waals surface area contributed by atoms with Gasteiger partial charge in [0, 0.05) is 25.5 Å². The largest absolute Gasteiger partial charge is 0.484 e. The minimum Gasteiger partial charge on any atom is -0.484 e. The standard InChI is InChI=1S/C22H26N4O4S/c1-31(28,29)26(16-19-6-3-2-4-7-19)20-8-10-21(11-9-20)30-17-22(27)24-12-5-14-25-15-13-23-18-25/h2-4,6-11,13,15,18H,5,12,14,16-17H2,1H3,(H,24,27). The Hall–Kier alpha value is -3.33. The minimum absolute atomic E-state index is 0.107. The number of hydrogen-bond acceptors (Lipinski definition) is 5. The monoisotopic (exact) mass is 442 g/mol. The van der Waals surface area contributed by atoms with E-state index in [4.69, 9.17) is 4.74 Å². The van der Waals surface area contributed by atoms with Gasteiger partial charge in [-0.1, -0.05) is 30.3 Å². The van der Waals surface area contributed by atoms with E-state index in [1.165, 1.54) is 10.6 Å². The summed E-state index contributed by atoms with van der Waals surface area (Å²) in [6.45, 7) is 1.45. The molecule has 0 spiro atoms. The number of anilines is 1. The molecule has 1 heterocycles. The molecule has 0 saturated heterocycles. The van der Waals surface area contributed by atoms with Gasteiger partial charge in [-0.3, -0.25) is 9.10 Å². The number of imidazole rings is 1. The second-order valence-electron chi connectivity index (χ2n) is 7.04. The van der Waals surface area contributed by atoms with Crippen molar-refractivity contribution in [1.29, 1.82) is 0 Å². The van der Waals surface area contributed by atoms with Crippen molar-refractivity contribution >= 4 is 21.6 Å². The van der Waals surface area contributed by atoms with Gasteiger partial charge in [-0.15, -0.1) is 0 Å². The molecular weight excluding hydrogens is 416 g/mol. The van der Waals surface area contributed by atoms with Crippen molar-refractivity contribution < 1.29 is 17.9 Å². The van der Waals surface area contributed by atoms with Crippen molar-refractivity contribution in [3.63, 3.8) is 0 Å². The number of amides is 1. The molecule has 0 unspecified atom stereocenters. The topological polar surface area (TPSA) is 93.5 Å². The van der Waals surface area contributed by atoms with Crippen LogP contribution >= 0.6 is 0 Å². The lowest BCUT2D eigenvalue weighted by molar-refractivity contribution is -0.123. The highest BCUT2D eigenvalue weighted by Crippen LogP contribution is 2.23. The zero-order valence-electron chi connectivity index (χ0n) is 17.3. The van der Waals surface area contributed by atoms with E-state index < -0.39 is 10.0 Å². The molecule has 0 fully saturated rings. The molecule has 1 N–H and O–H groups in total. The predicted molar refractivity (Wildman–Crippen MR) is 119 cm³/mol. The maximum absolute atomic E-state index is 12.3. The number of nitrogens with one attached hydrogen (secondary N) is 1. The first-order chi connectivity index (χ1) is 14.9. The molecule has 2 aromatic carbocycles. The van der Waals surface area contributed by atoms with Gasteiger partial charge in [0.1, 0.15) is 5.75 Å². The molecule has 0 bridgehead atoms. The second-order valence-corrected chi connectivity index (χ2v) is 8.95. The molecule has 31 heavy (non-hydrogen) atoms. The van der Waals surface area contributed by atoms with E-state index in [9.17, 15) is 13.2 Å². The van der Waals surface area contributed by atoms with Gasteiger partial charge in [-0.05, 0) is 36.2 Å². The smallest absolute Gasteiger partial charge is 0.257 e. The SMILES string of the molecule is CS(=O)(=O)N(Cc1ccccc1)c1ccc(OCC(=O)NCCCn2ccnc2)cc1. The second kappa shape index (κ2) is 10.6. The first-order valence-corrected chi connectivity index (χ1v) is 11.7. The average Bonchev–Trinajstić information content (AvgIpc) is 3.28. The Morgan fingerprint density at radius 1 is 1.13 bits per heavy atom. The van der Waals surface area contributed by atoms with E-state index in [1.807, 2.05) is 41.1 Å². The summed E-state index contributed by atoms with van der Waals surface area (Å²) in [5.41, 5.74) is 1.42. The summed E-state index contributed by atoms with van der Waals surface area (Å²) < 4.78 is 33.3. The number of benzene rings is 2. The lowest BCUT2D eigenvalue weighted by atomic mass is 10.2. The fraction of sp³-hybridized carbons (Fsp3) is 0.273. The summed E-state index contributed by atoms with van der Waals surface area (Å²) in [6.07, 6.45) is 7.30. The molecule has 0 aliphatic rings. The van der Waals surface area contributed by atoms with Crippen LogP contribution in [0.2, 0.25) is 0 Å². The van der Waals surface area contributed by atoms with Crippen molar-refractivity contribution in [2.24, 2.45) is 0 Å². The van der Waals surface area contributed by atoms with Gasteiger partial charge in [-0.25, -0.2) is 13.4 Å². The van der Waals surface area contributed by atoms with Crippen LogP contribution in [-0.4, -0.2) is 43.3 Å². The van der Waals surface area contributed by atoms with Crippen LogP contribution in [0.4, 0.5) is 5.69 Å². The molecule has 9 heteroatoms. The Morgan fingerprint density at radius 3 is 2.52 bits per heavy atom. The van der Waals surface area contributed by atoms with Crippen LogP contribution < -0.4 is 14.4 Å². The Bertz CT molecular complexity index is 1050.